The summed E-state index contributed by atoms with van der Waals surface area (Å²) in [5.74, 6) is 0.962. The summed E-state index contributed by atoms with van der Waals surface area (Å²) in [5, 5.41) is 13.3. The molecule has 1 saturated heterocycles. The molecule has 0 saturated carbocycles. The molecule has 1 fully saturated rings. The number of aliphatic hydroxyl groups excluding tert-OH is 1. The van der Waals surface area contributed by atoms with Crippen molar-refractivity contribution in [1.82, 2.24) is 5.32 Å². The molecular formula is C11H13NO. The number of aliphatic hydroxyl groups is 1. The molecule has 3 rings (SSSR count). The second kappa shape index (κ2) is 2.56. The van der Waals surface area contributed by atoms with E-state index in [1.165, 1.54) is 5.56 Å². The topological polar surface area (TPSA) is 32.3 Å². The lowest BCUT2D eigenvalue weighted by Crippen LogP contribution is -2.14. The molecule has 1 heterocycles. The van der Waals surface area contributed by atoms with Gasteiger partial charge in [0.05, 0.1) is 6.10 Å². The Bertz CT molecular complexity index is 337. The van der Waals surface area contributed by atoms with Crippen LogP contribution >= 0.6 is 0 Å². The Labute approximate surface area is 77.6 Å². The molecule has 1 aromatic carbocycles. The van der Waals surface area contributed by atoms with E-state index in [2.05, 4.69) is 23.5 Å². The molecule has 2 nitrogen and oxygen atoms in total. The van der Waals surface area contributed by atoms with E-state index >= 15 is 0 Å². The molecule has 1 aliphatic heterocycles. The lowest BCUT2D eigenvalue weighted by Gasteiger charge is -2.11. The molecule has 13 heavy (non-hydrogen) atoms. The van der Waals surface area contributed by atoms with E-state index in [4.69, 9.17) is 0 Å². The van der Waals surface area contributed by atoms with Crippen molar-refractivity contribution in [2.75, 3.05) is 13.1 Å². The number of rotatable bonds is 0. The summed E-state index contributed by atoms with van der Waals surface area (Å²) in [5.41, 5.74) is 2.50. The Balaban J connectivity index is 2.13. The van der Waals surface area contributed by atoms with Crippen LogP contribution in [0.2, 0.25) is 0 Å². The normalized spacial score (nSPS) is 35.9. The van der Waals surface area contributed by atoms with Crippen LogP contribution in [0.25, 0.3) is 0 Å². The Morgan fingerprint density at radius 2 is 1.92 bits per heavy atom. The molecule has 1 aliphatic carbocycles. The Morgan fingerprint density at radius 3 is 2.77 bits per heavy atom. The fourth-order valence-corrected chi connectivity index (χ4v) is 2.72. The first-order chi connectivity index (χ1) is 6.38. The molecule has 1 aromatic rings. The highest BCUT2D eigenvalue weighted by Crippen LogP contribution is 2.46. The summed E-state index contributed by atoms with van der Waals surface area (Å²) >= 11 is 0. The van der Waals surface area contributed by atoms with Crippen molar-refractivity contribution >= 4 is 0 Å². The molecular weight excluding hydrogens is 162 g/mol. The molecule has 0 spiro atoms. The van der Waals surface area contributed by atoms with Gasteiger partial charge in [0, 0.05) is 24.9 Å². The van der Waals surface area contributed by atoms with Gasteiger partial charge in [-0.2, -0.15) is 0 Å². The predicted octanol–water partition coefficient (Wildman–Crippen LogP) is 1.04. The van der Waals surface area contributed by atoms with Crippen molar-refractivity contribution < 1.29 is 5.11 Å². The molecule has 0 radical (unpaired) electrons. The van der Waals surface area contributed by atoms with Crippen LogP contribution < -0.4 is 5.32 Å². The number of benzene rings is 1. The predicted molar refractivity (Wildman–Crippen MR) is 50.5 cm³/mol. The average molecular weight is 175 g/mol. The first-order valence-electron chi connectivity index (χ1n) is 4.85. The van der Waals surface area contributed by atoms with Crippen LogP contribution in [0.5, 0.6) is 0 Å². The summed E-state index contributed by atoms with van der Waals surface area (Å²) in [6, 6.07) is 8.28. The largest absolute Gasteiger partial charge is 0.388 e. The molecule has 3 unspecified atom stereocenters. The number of nitrogens with one attached hydrogen (secondary N) is 1. The summed E-state index contributed by atoms with van der Waals surface area (Å²) in [4.78, 5) is 0. The van der Waals surface area contributed by atoms with Gasteiger partial charge in [0.1, 0.15) is 0 Å². The maximum atomic E-state index is 10.0. The zero-order valence-electron chi connectivity index (χ0n) is 7.40. The van der Waals surface area contributed by atoms with Crippen LogP contribution in [0.3, 0.4) is 0 Å². The van der Waals surface area contributed by atoms with Gasteiger partial charge in [-0.15, -0.1) is 0 Å². The molecule has 68 valence electrons. The highest BCUT2D eigenvalue weighted by Gasteiger charge is 2.41. The van der Waals surface area contributed by atoms with E-state index in [1.54, 1.807) is 0 Å². The third-order valence-electron chi connectivity index (χ3n) is 3.38. The van der Waals surface area contributed by atoms with Crippen molar-refractivity contribution in [3.63, 3.8) is 0 Å². The third kappa shape index (κ3) is 0.901. The summed E-state index contributed by atoms with van der Waals surface area (Å²) in [6.45, 7) is 1.99. The first-order valence-corrected chi connectivity index (χ1v) is 4.85. The fourth-order valence-electron chi connectivity index (χ4n) is 2.72. The zero-order chi connectivity index (χ0) is 8.84. The van der Waals surface area contributed by atoms with Crippen LogP contribution in [-0.2, 0) is 0 Å². The number of hydrogen-bond donors (Lipinski definition) is 2. The summed E-state index contributed by atoms with van der Waals surface area (Å²) in [6.07, 6.45) is -0.240. The lowest BCUT2D eigenvalue weighted by atomic mass is 9.96. The van der Waals surface area contributed by atoms with Crippen molar-refractivity contribution in [1.29, 1.82) is 0 Å². The van der Waals surface area contributed by atoms with Gasteiger partial charge in [-0.3, -0.25) is 0 Å². The monoisotopic (exact) mass is 175 g/mol. The molecule has 0 aromatic heterocycles. The SMILES string of the molecule is OC1c2ccccc2C2CNCC12. The average Bonchev–Trinajstić information content (AvgIpc) is 2.72. The maximum Gasteiger partial charge on any atom is 0.0839 e. The van der Waals surface area contributed by atoms with Gasteiger partial charge in [-0.1, -0.05) is 24.3 Å². The molecule has 2 aliphatic rings. The molecule has 2 heteroatoms. The van der Waals surface area contributed by atoms with E-state index in [9.17, 15) is 5.11 Å². The van der Waals surface area contributed by atoms with Crippen LogP contribution in [0, 0.1) is 5.92 Å². The van der Waals surface area contributed by atoms with Crippen molar-refractivity contribution in [3.05, 3.63) is 35.4 Å². The van der Waals surface area contributed by atoms with E-state index < -0.39 is 0 Å². The smallest absolute Gasteiger partial charge is 0.0839 e. The van der Waals surface area contributed by atoms with Crippen LogP contribution in [0.15, 0.2) is 24.3 Å². The van der Waals surface area contributed by atoms with Gasteiger partial charge >= 0.3 is 0 Å². The van der Waals surface area contributed by atoms with Crippen LogP contribution in [-0.4, -0.2) is 18.2 Å². The second-order valence-electron chi connectivity index (χ2n) is 4.00. The minimum absolute atomic E-state index is 0.240. The van der Waals surface area contributed by atoms with E-state index in [0.717, 1.165) is 18.7 Å². The summed E-state index contributed by atoms with van der Waals surface area (Å²) in [7, 11) is 0. The zero-order valence-corrected chi connectivity index (χ0v) is 7.40. The van der Waals surface area contributed by atoms with Crippen molar-refractivity contribution in [2.24, 2.45) is 5.92 Å². The van der Waals surface area contributed by atoms with Gasteiger partial charge in [0.2, 0.25) is 0 Å². The molecule has 0 amide bonds. The Morgan fingerprint density at radius 1 is 1.15 bits per heavy atom. The quantitative estimate of drug-likeness (QED) is 0.617. The van der Waals surface area contributed by atoms with Crippen molar-refractivity contribution in [2.45, 2.75) is 12.0 Å². The standard InChI is InChI=1S/C11H13NO/c13-11-8-4-2-1-3-7(8)9-5-12-6-10(9)11/h1-4,9-13H,5-6H2. The van der Waals surface area contributed by atoms with Gasteiger partial charge in [-0.25, -0.2) is 0 Å². The molecule has 3 atom stereocenters. The highest BCUT2D eigenvalue weighted by atomic mass is 16.3. The third-order valence-corrected chi connectivity index (χ3v) is 3.38. The first kappa shape index (κ1) is 7.54. The van der Waals surface area contributed by atoms with E-state index in [-0.39, 0.29) is 6.10 Å². The van der Waals surface area contributed by atoms with Gasteiger partial charge < -0.3 is 10.4 Å². The van der Waals surface area contributed by atoms with Gasteiger partial charge in [0.25, 0.3) is 0 Å². The molecule has 0 bridgehead atoms. The van der Waals surface area contributed by atoms with Gasteiger partial charge in [0.15, 0.2) is 0 Å². The van der Waals surface area contributed by atoms with E-state index in [0.29, 0.717) is 11.8 Å². The van der Waals surface area contributed by atoms with Crippen LogP contribution in [0.4, 0.5) is 0 Å². The fraction of sp³-hybridized carbons (Fsp3) is 0.455. The van der Waals surface area contributed by atoms with E-state index in [1.807, 2.05) is 6.07 Å². The Kier molecular flexibility index (Phi) is 1.49. The number of fused-ring (bicyclic) bond motifs is 3. The molecule has 2 N–H and O–H groups in total. The number of hydrogen-bond acceptors (Lipinski definition) is 2. The second-order valence-corrected chi connectivity index (χ2v) is 4.00. The van der Waals surface area contributed by atoms with Gasteiger partial charge in [-0.05, 0) is 11.1 Å². The van der Waals surface area contributed by atoms with Crippen LogP contribution in [0.1, 0.15) is 23.1 Å². The minimum Gasteiger partial charge on any atom is -0.388 e. The highest BCUT2D eigenvalue weighted by molar-refractivity contribution is 5.39. The minimum atomic E-state index is -0.240. The van der Waals surface area contributed by atoms with Crippen molar-refractivity contribution in [3.8, 4) is 0 Å². The Hall–Kier alpha value is -0.860. The summed E-state index contributed by atoms with van der Waals surface area (Å²) < 4.78 is 0. The lowest BCUT2D eigenvalue weighted by molar-refractivity contribution is 0.126. The maximum absolute atomic E-state index is 10.0.